The molecule has 4 rings (SSSR count). The van der Waals surface area contributed by atoms with Gasteiger partial charge in [-0.1, -0.05) is 54.6 Å². The van der Waals surface area contributed by atoms with E-state index in [2.05, 4.69) is 29.2 Å². The third-order valence-electron chi connectivity index (χ3n) is 5.28. The van der Waals surface area contributed by atoms with E-state index in [0.29, 0.717) is 13.0 Å². The summed E-state index contributed by atoms with van der Waals surface area (Å²) in [7, 11) is 1.84. The number of aromatic nitrogens is 1. The Morgan fingerprint density at radius 1 is 1.07 bits per heavy atom. The van der Waals surface area contributed by atoms with E-state index in [4.69, 9.17) is 9.72 Å². The van der Waals surface area contributed by atoms with E-state index in [9.17, 15) is 4.79 Å². The van der Waals surface area contributed by atoms with E-state index in [-0.39, 0.29) is 5.91 Å². The Labute approximate surface area is 181 Å². The molecule has 1 amide bonds. The lowest BCUT2D eigenvalue weighted by atomic mass is 10.1. The molecule has 2 aromatic carbocycles. The Morgan fingerprint density at radius 2 is 1.80 bits per heavy atom. The van der Waals surface area contributed by atoms with Crippen LogP contribution in [0.25, 0.3) is 10.6 Å². The molecule has 0 radical (unpaired) electrons. The van der Waals surface area contributed by atoms with Gasteiger partial charge in [-0.2, -0.15) is 0 Å². The molecule has 2 heterocycles. The zero-order chi connectivity index (χ0) is 20.8. The molecule has 0 aliphatic carbocycles. The molecule has 0 bridgehead atoms. The molecular formula is C24H27N3O2S. The molecule has 3 aromatic rings. The molecule has 0 N–H and O–H groups in total. The van der Waals surface area contributed by atoms with E-state index in [1.807, 2.05) is 42.8 Å². The summed E-state index contributed by atoms with van der Waals surface area (Å²) in [5, 5.41) is 2.95. The fourth-order valence-corrected chi connectivity index (χ4v) is 4.35. The van der Waals surface area contributed by atoms with E-state index in [1.54, 1.807) is 16.2 Å². The lowest BCUT2D eigenvalue weighted by molar-refractivity contribution is -0.129. The predicted octanol–water partition coefficient (Wildman–Crippen LogP) is 3.84. The summed E-state index contributed by atoms with van der Waals surface area (Å²) < 4.78 is 5.41. The topological polar surface area (TPSA) is 45.7 Å². The van der Waals surface area contributed by atoms with Crippen LogP contribution in [0.5, 0.6) is 0 Å². The van der Waals surface area contributed by atoms with E-state index in [1.165, 1.54) is 5.56 Å². The standard InChI is InChI=1S/C24H27N3O2S/c1-26(16-19-5-3-2-4-6-19)23(28)15-22-18-30-24(25-22)21-9-7-20(8-10-21)17-27-11-13-29-14-12-27/h2-10,18H,11-17H2,1H3. The molecular weight excluding hydrogens is 394 g/mol. The average Bonchev–Trinajstić information content (AvgIpc) is 3.24. The molecule has 1 saturated heterocycles. The Bertz CT molecular complexity index is 950. The summed E-state index contributed by atoms with van der Waals surface area (Å²) in [6.07, 6.45) is 0.328. The minimum atomic E-state index is 0.0802. The highest BCUT2D eigenvalue weighted by molar-refractivity contribution is 7.13. The van der Waals surface area contributed by atoms with Crippen LogP contribution in [-0.4, -0.2) is 54.0 Å². The normalized spacial score (nSPS) is 14.6. The minimum Gasteiger partial charge on any atom is -0.379 e. The fourth-order valence-electron chi connectivity index (χ4n) is 3.53. The predicted molar refractivity (Wildman–Crippen MR) is 120 cm³/mol. The Morgan fingerprint density at radius 3 is 2.53 bits per heavy atom. The largest absolute Gasteiger partial charge is 0.379 e. The second-order valence-corrected chi connectivity index (χ2v) is 8.50. The van der Waals surface area contributed by atoms with E-state index >= 15 is 0 Å². The van der Waals surface area contributed by atoms with Crippen molar-refractivity contribution in [2.75, 3.05) is 33.4 Å². The van der Waals surface area contributed by atoms with Crippen molar-refractivity contribution in [3.8, 4) is 10.6 Å². The van der Waals surface area contributed by atoms with Crippen LogP contribution < -0.4 is 0 Å². The van der Waals surface area contributed by atoms with Gasteiger partial charge >= 0.3 is 0 Å². The van der Waals surface area contributed by atoms with E-state index < -0.39 is 0 Å². The number of likely N-dealkylation sites (N-methyl/N-ethyl adjacent to an activating group) is 1. The number of carbonyl (C=O) groups is 1. The van der Waals surface area contributed by atoms with Crippen LogP contribution in [0.4, 0.5) is 0 Å². The van der Waals surface area contributed by atoms with Gasteiger partial charge in [-0.25, -0.2) is 4.98 Å². The van der Waals surface area contributed by atoms with Crippen molar-refractivity contribution in [3.63, 3.8) is 0 Å². The molecule has 6 heteroatoms. The van der Waals surface area contributed by atoms with Crippen LogP contribution >= 0.6 is 11.3 Å². The van der Waals surface area contributed by atoms with Crippen LogP contribution in [0, 0.1) is 0 Å². The fraction of sp³-hybridized carbons (Fsp3) is 0.333. The molecule has 1 aromatic heterocycles. The maximum atomic E-state index is 12.6. The third kappa shape index (κ3) is 5.53. The zero-order valence-electron chi connectivity index (χ0n) is 17.3. The van der Waals surface area contributed by atoms with Crippen LogP contribution in [0.15, 0.2) is 60.0 Å². The monoisotopic (exact) mass is 421 g/mol. The average molecular weight is 422 g/mol. The van der Waals surface area contributed by atoms with Gasteiger partial charge in [-0.15, -0.1) is 11.3 Å². The van der Waals surface area contributed by atoms with Crippen molar-refractivity contribution in [1.29, 1.82) is 0 Å². The van der Waals surface area contributed by atoms with Crippen molar-refractivity contribution in [2.24, 2.45) is 0 Å². The molecule has 0 saturated carbocycles. The SMILES string of the molecule is CN(Cc1ccccc1)C(=O)Cc1csc(-c2ccc(CN3CCOCC3)cc2)n1. The summed E-state index contributed by atoms with van der Waals surface area (Å²) in [6, 6.07) is 18.6. The number of benzene rings is 2. The van der Waals surface area contributed by atoms with Crippen LogP contribution in [0.2, 0.25) is 0 Å². The quantitative estimate of drug-likeness (QED) is 0.581. The molecule has 5 nitrogen and oxygen atoms in total. The van der Waals surface area contributed by atoms with Gasteiger partial charge in [0.2, 0.25) is 5.91 Å². The van der Waals surface area contributed by atoms with Crippen LogP contribution in [-0.2, 0) is 29.0 Å². The van der Waals surface area contributed by atoms with Gasteiger partial charge in [0.05, 0.1) is 25.3 Å². The molecule has 156 valence electrons. The Balaban J connectivity index is 1.33. The number of ether oxygens (including phenoxy) is 1. The number of amides is 1. The number of carbonyl (C=O) groups excluding carboxylic acids is 1. The lowest BCUT2D eigenvalue weighted by Crippen LogP contribution is -2.35. The maximum Gasteiger partial charge on any atom is 0.228 e. The molecule has 0 unspecified atom stereocenters. The van der Waals surface area contributed by atoms with Crippen LogP contribution in [0.1, 0.15) is 16.8 Å². The zero-order valence-corrected chi connectivity index (χ0v) is 18.1. The van der Waals surface area contributed by atoms with Crippen molar-refractivity contribution in [1.82, 2.24) is 14.8 Å². The second-order valence-electron chi connectivity index (χ2n) is 7.64. The van der Waals surface area contributed by atoms with Gasteiger partial charge in [0.15, 0.2) is 0 Å². The second kappa shape index (κ2) is 9.98. The number of thiazole rings is 1. The van der Waals surface area contributed by atoms with Gasteiger partial charge in [-0.3, -0.25) is 9.69 Å². The first-order valence-corrected chi connectivity index (χ1v) is 11.2. The highest BCUT2D eigenvalue weighted by Gasteiger charge is 2.14. The van der Waals surface area contributed by atoms with Gasteiger partial charge < -0.3 is 9.64 Å². The summed E-state index contributed by atoms with van der Waals surface area (Å²) in [5.41, 5.74) is 4.36. The summed E-state index contributed by atoms with van der Waals surface area (Å²) in [4.78, 5) is 21.4. The van der Waals surface area contributed by atoms with Crippen LogP contribution in [0.3, 0.4) is 0 Å². The Kier molecular flexibility index (Phi) is 6.89. The smallest absolute Gasteiger partial charge is 0.228 e. The molecule has 0 atom stereocenters. The number of rotatable bonds is 7. The van der Waals surface area contributed by atoms with Gasteiger partial charge in [0, 0.05) is 44.2 Å². The molecule has 0 spiro atoms. The number of hydrogen-bond donors (Lipinski definition) is 0. The molecule has 1 aliphatic rings. The minimum absolute atomic E-state index is 0.0802. The van der Waals surface area contributed by atoms with Crippen molar-refractivity contribution < 1.29 is 9.53 Å². The highest BCUT2D eigenvalue weighted by atomic mass is 32.1. The molecule has 30 heavy (non-hydrogen) atoms. The Hall–Kier alpha value is -2.54. The highest BCUT2D eigenvalue weighted by Crippen LogP contribution is 2.25. The summed E-state index contributed by atoms with van der Waals surface area (Å²) in [6.45, 7) is 5.18. The van der Waals surface area contributed by atoms with Crippen molar-refractivity contribution in [2.45, 2.75) is 19.5 Å². The van der Waals surface area contributed by atoms with E-state index in [0.717, 1.165) is 54.7 Å². The summed E-state index contributed by atoms with van der Waals surface area (Å²) in [5.74, 6) is 0.0802. The van der Waals surface area contributed by atoms with Crippen molar-refractivity contribution in [3.05, 3.63) is 76.8 Å². The first-order valence-electron chi connectivity index (χ1n) is 10.3. The van der Waals surface area contributed by atoms with Gasteiger partial charge in [-0.05, 0) is 11.1 Å². The number of hydrogen-bond acceptors (Lipinski definition) is 5. The maximum absolute atomic E-state index is 12.6. The van der Waals surface area contributed by atoms with Crippen molar-refractivity contribution >= 4 is 17.2 Å². The number of morpholine rings is 1. The van der Waals surface area contributed by atoms with Gasteiger partial charge in [0.1, 0.15) is 5.01 Å². The summed E-state index contributed by atoms with van der Waals surface area (Å²) >= 11 is 1.59. The third-order valence-corrected chi connectivity index (χ3v) is 6.22. The first kappa shape index (κ1) is 20.7. The molecule has 1 fully saturated rings. The number of nitrogens with zero attached hydrogens (tertiary/aromatic N) is 3. The lowest BCUT2D eigenvalue weighted by Gasteiger charge is -2.26. The molecule has 1 aliphatic heterocycles. The first-order chi connectivity index (χ1) is 14.7. The van der Waals surface area contributed by atoms with Gasteiger partial charge in [0.25, 0.3) is 0 Å².